The molecular weight excluding hydrogens is 539 g/mol. The van der Waals surface area contributed by atoms with Crippen molar-refractivity contribution in [1.82, 2.24) is 10.2 Å². The number of alkyl halides is 3. The minimum Gasteiger partial charge on any atom is -0.450 e. The van der Waals surface area contributed by atoms with Gasteiger partial charge in [0.05, 0.1) is 5.92 Å². The molecule has 1 atom stereocenters. The van der Waals surface area contributed by atoms with E-state index in [0.29, 0.717) is 5.56 Å². The van der Waals surface area contributed by atoms with E-state index in [1.54, 1.807) is 12.1 Å². The number of hydrogen-bond donors (Lipinski definition) is 4. The minimum atomic E-state index is -4.67. The maximum Gasteiger partial charge on any atom is 0.503 e. The molecule has 2 aliphatic carbocycles. The standard InChI is InChI=1S/C29H30F3N3O2.CH2O3/c30-29(31,32)27-23(17-25(36)34-35-27)15-19-10-12-22(13-11-19)26(21-5-1-2-6-21)28(37)33-24-7-3-4-20(16-24)14-18-8-9-18;2-1(3)4/h3-4,7,10-13,16-18,21,26H,1-2,5-6,8-9,14-15H2,(H,33,37)(H,34,36);(H2,2,3,4). The van der Waals surface area contributed by atoms with Gasteiger partial charge in [0.25, 0.3) is 5.56 Å². The summed E-state index contributed by atoms with van der Waals surface area (Å²) in [7, 11) is 0. The summed E-state index contributed by atoms with van der Waals surface area (Å²) in [5.41, 5.74) is 1.53. The van der Waals surface area contributed by atoms with Crippen LogP contribution in [0.5, 0.6) is 0 Å². The summed E-state index contributed by atoms with van der Waals surface area (Å²) in [6.07, 6.45) is 1.09. The third-order valence-electron chi connectivity index (χ3n) is 7.46. The summed E-state index contributed by atoms with van der Waals surface area (Å²) >= 11 is 0. The van der Waals surface area contributed by atoms with Gasteiger partial charge < -0.3 is 15.5 Å². The van der Waals surface area contributed by atoms with Crippen LogP contribution in [-0.4, -0.2) is 32.5 Å². The molecule has 1 unspecified atom stereocenters. The van der Waals surface area contributed by atoms with Crippen LogP contribution in [0.25, 0.3) is 0 Å². The number of nitrogens with zero attached hydrogens (tertiary/aromatic N) is 1. The van der Waals surface area contributed by atoms with E-state index < -0.39 is 23.6 Å². The third kappa shape index (κ3) is 8.67. The lowest BCUT2D eigenvalue weighted by atomic mass is 9.83. The fraction of sp³-hybridized carbons (Fsp3) is 0.400. The molecule has 1 aromatic heterocycles. The molecule has 0 aliphatic heterocycles. The number of carbonyl (C=O) groups is 2. The van der Waals surface area contributed by atoms with Gasteiger partial charge in [0.2, 0.25) is 5.91 Å². The van der Waals surface area contributed by atoms with Gasteiger partial charge in [0.15, 0.2) is 5.69 Å². The maximum atomic E-state index is 13.5. The number of carbonyl (C=O) groups excluding carboxylic acids is 1. The van der Waals surface area contributed by atoms with Crippen molar-refractivity contribution in [2.24, 2.45) is 11.8 Å². The van der Waals surface area contributed by atoms with E-state index in [-0.39, 0.29) is 29.7 Å². The predicted molar refractivity (Wildman–Crippen MR) is 146 cm³/mol. The minimum absolute atomic E-state index is 0.0543. The number of carboxylic acid groups (broad SMARTS) is 2. The first kappa shape index (κ1) is 29.8. The highest BCUT2D eigenvalue weighted by atomic mass is 19.4. The smallest absolute Gasteiger partial charge is 0.450 e. The van der Waals surface area contributed by atoms with Crippen LogP contribution in [-0.2, 0) is 23.8 Å². The fourth-order valence-electron chi connectivity index (χ4n) is 5.46. The highest BCUT2D eigenvalue weighted by Crippen LogP contribution is 2.39. The number of aromatic amines is 1. The first-order valence-corrected chi connectivity index (χ1v) is 13.6. The van der Waals surface area contributed by atoms with Crippen LogP contribution in [0.1, 0.15) is 72.4 Å². The molecule has 3 aromatic rings. The highest BCUT2D eigenvalue weighted by molar-refractivity contribution is 5.96. The molecule has 1 heterocycles. The van der Waals surface area contributed by atoms with Crippen molar-refractivity contribution < 1.29 is 33.0 Å². The van der Waals surface area contributed by atoms with E-state index in [4.69, 9.17) is 15.0 Å². The SMILES string of the molecule is O=C(Nc1cccc(CC2CC2)c1)C(c1ccc(Cc2cc(=O)[nH]nc2C(F)(F)F)cc1)C1CCCC1.O=C(O)O. The van der Waals surface area contributed by atoms with Crippen LogP contribution in [0, 0.1) is 11.8 Å². The summed E-state index contributed by atoms with van der Waals surface area (Å²) in [5, 5.41) is 22.2. The Labute approximate surface area is 234 Å². The van der Waals surface area contributed by atoms with Gasteiger partial charge in [0.1, 0.15) is 0 Å². The Morgan fingerprint density at radius 1 is 0.976 bits per heavy atom. The van der Waals surface area contributed by atoms with Gasteiger partial charge in [0, 0.05) is 11.8 Å². The summed E-state index contributed by atoms with van der Waals surface area (Å²) in [6.45, 7) is 0. The zero-order valence-corrected chi connectivity index (χ0v) is 22.3. The zero-order valence-electron chi connectivity index (χ0n) is 22.3. The average Bonchev–Trinajstić information content (AvgIpc) is 3.54. The Kier molecular flexibility index (Phi) is 9.46. The molecule has 0 radical (unpaired) electrons. The number of rotatable bonds is 8. The Morgan fingerprint density at radius 3 is 2.24 bits per heavy atom. The Bertz CT molecular complexity index is 1410. The number of hydrogen-bond acceptors (Lipinski definition) is 4. The second kappa shape index (κ2) is 13.0. The Hall–Kier alpha value is -4.15. The number of nitrogens with one attached hydrogen (secondary N) is 2. The monoisotopic (exact) mass is 571 g/mol. The lowest BCUT2D eigenvalue weighted by Crippen LogP contribution is -2.26. The molecule has 218 valence electrons. The zero-order chi connectivity index (χ0) is 29.6. The van der Waals surface area contributed by atoms with E-state index >= 15 is 0 Å². The van der Waals surface area contributed by atoms with Gasteiger partial charge in [-0.05, 0) is 84.7 Å². The molecule has 5 rings (SSSR count). The Morgan fingerprint density at radius 2 is 1.63 bits per heavy atom. The van der Waals surface area contributed by atoms with Crippen LogP contribution < -0.4 is 10.9 Å². The lowest BCUT2D eigenvalue weighted by molar-refractivity contribution is -0.142. The molecule has 0 saturated heterocycles. The molecule has 0 bridgehead atoms. The van der Waals surface area contributed by atoms with Gasteiger partial charge >= 0.3 is 12.3 Å². The summed E-state index contributed by atoms with van der Waals surface area (Å²) < 4.78 is 40.1. The van der Waals surface area contributed by atoms with E-state index in [1.807, 2.05) is 29.4 Å². The number of H-pyrrole nitrogens is 1. The van der Waals surface area contributed by atoms with Crippen molar-refractivity contribution >= 4 is 17.7 Å². The van der Waals surface area contributed by atoms with Crippen LogP contribution in [0.3, 0.4) is 0 Å². The predicted octanol–water partition coefficient (Wildman–Crippen LogP) is 6.47. The number of halogens is 3. The first-order chi connectivity index (χ1) is 19.5. The molecule has 2 fully saturated rings. The van der Waals surface area contributed by atoms with E-state index in [9.17, 15) is 22.8 Å². The molecule has 2 aromatic carbocycles. The highest BCUT2D eigenvalue weighted by Gasteiger charge is 2.36. The summed E-state index contributed by atoms with van der Waals surface area (Å²) in [4.78, 5) is 33.7. The quantitative estimate of drug-likeness (QED) is 0.245. The maximum absolute atomic E-state index is 13.5. The van der Waals surface area contributed by atoms with Crippen molar-refractivity contribution in [2.75, 3.05) is 5.32 Å². The number of aromatic nitrogens is 2. The molecular formula is C30H32F3N3O5. The van der Waals surface area contributed by atoms with Gasteiger partial charge in [-0.2, -0.15) is 18.3 Å². The largest absolute Gasteiger partial charge is 0.503 e. The molecule has 2 saturated carbocycles. The summed E-state index contributed by atoms with van der Waals surface area (Å²) in [5.74, 6) is 0.583. The third-order valence-corrected chi connectivity index (χ3v) is 7.46. The molecule has 41 heavy (non-hydrogen) atoms. The van der Waals surface area contributed by atoms with Gasteiger partial charge in [-0.3, -0.25) is 9.59 Å². The normalized spacial score (nSPS) is 16.0. The second-order valence-electron chi connectivity index (χ2n) is 10.7. The number of benzene rings is 2. The first-order valence-electron chi connectivity index (χ1n) is 13.6. The Balaban J connectivity index is 0.000000909. The second-order valence-corrected chi connectivity index (χ2v) is 10.7. The van der Waals surface area contributed by atoms with Crippen molar-refractivity contribution in [2.45, 2.75) is 63.5 Å². The van der Waals surface area contributed by atoms with Gasteiger partial charge in [-0.1, -0.05) is 49.2 Å². The average molecular weight is 572 g/mol. The number of amides is 1. The van der Waals surface area contributed by atoms with Crippen LogP contribution in [0.15, 0.2) is 59.4 Å². The van der Waals surface area contributed by atoms with E-state index in [0.717, 1.165) is 55.3 Å². The molecule has 2 aliphatic rings. The van der Waals surface area contributed by atoms with E-state index in [2.05, 4.69) is 22.5 Å². The van der Waals surface area contributed by atoms with Crippen molar-refractivity contribution in [3.05, 3.63) is 92.9 Å². The number of anilines is 1. The molecule has 0 spiro atoms. The van der Waals surface area contributed by atoms with Crippen molar-refractivity contribution in [3.63, 3.8) is 0 Å². The van der Waals surface area contributed by atoms with Crippen molar-refractivity contribution in [3.8, 4) is 0 Å². The molecule has 1 amide bonds. The molecule has 11 heteroatoms. The van der Waals surface area contributed by atoms with Crippen LogP contribution >= 0.6 is 0 Å². The summed E-state index contributed by atoms with van der Waals surface area (Å²) in [6, 6.07) is 16.1. The topological polar surface area (TPSA) is 132 Å². The van der Waals surface area contributed by atoms with Crippen LogP contribution in [0.2, 0.25) is 0 Å². The van der Waals surface area contributed by atoms with Gasteiger partial charge in [-0.15, -0.1) is 0 Å². The van der Waals surface area contributed by atoms with Crippen LogP contribution in [0.4, 0.5) is 23.7 Å². The lowest BCUT2D eigenvalue weighted by Gasteiger charge is -2.24. The molecule has 4 N–H and O–H groups in total. The van der Waals surface area contributed by atoms with Crippen molar-refractivity contribution in [1.29, 1.82) is 0 Å². The molecule has 8 nitrogen and oxygen atoms in total. The van der Waals surface area contributed by atoms with E-state index in [1.165, 1.54) is 18.4 Å². The van der Waals surface area contributed by atoms with Gasteiger partial charge in [-0.25, -0.2) is 9.89 Å². The fourth-order valence-corrected chi connectivity index (χ4v) is 5.46.